The molecule has 0 unspecified atom stereocenters. The Kier molecular flexibility index (Phi) is 4.27. The summed E-state index contributed by atoms with van der Waals surface area (Å²) in [6.45, 7) is 2.31. The van der Waals surface area contributed by atoms with E-state index in [1.807, 2.05) is 6.92 Å². The Morgan fingerprint density at radius 3 is 2.76 bits per heavy atom. The van der Waals surface area contributed by atoms with Crippen molar-refractivity contribution in [2.75, 3.05) is 23.3 Å². The van der Waals surface area contributed by atoms with Crippen LogP contribution < -0.4 is 15.2 Å². The summed E-state index contributed by atoms with van der Waals surface area (Å²) in [6, 6.07) is 6.75. The molecule has 0 aliphatic heterocycles. The number of nitrogen functional groups attached to an aromatic ring is 1. The average Bonchev–Trinajstić information content (AvgIpc) is 2.39. The third-order valence-electron chi connectivity index (χ3n) is 2.51. The number of nitrogens with two attached hydrogens (primary N) is 1. The van der Waals surface area contributed by atoms with Gasteiger partial charge in [0.1, 0.15) is 0 Å². The highest BCUT2D eigenvalue weighted by Crippen LogP contribution is 2.24. The van der Waals surface area contributed by atoms with Crippen LogP contribution in [0, 0.1) is 0 Å². The number of nitrogens with one attached hydrogen (secondary N) is 1. The second kappa shape index (κ2) is 5.96. The van der Waals surface area contributed by atoms with E-state index in [-0.39, 0.29) is 5.82 Å². The summed E-state index contributed by atoms with van der Waals surface area (Å²) in [5.41, 5.74) is 6.88. The van der Waals surface area contributed by atoms with Crippen molar-refractivity contribution >= 4 is 21.5 Å². The van der Waals surface area contributed by atoms with Crippen LogP contribution in [0.15, 0.2) is 30.5 Å². The van der Waals surface area contributed by atoms with Gasteiger partial charge in [0.15, 0.2) is 17.4 Å². The predicted molar refractivity (Wildman–Crippen MR) is 81.5 cm³/mol. The molecule has 1 aromatic heterocycles. The molecule has 2 aromatic rings. The zero-order valence-corrected chi connectivity index (χ0v) is 12.5. The minimum Gasteiger partial charge on any atom is -0.488 e. The molecule has 0 radical (unpaired) electrons. The van der Waals surface area contributed by atoms with E-state index in [0.717, 1.165) is 6.26 Å². The maximum absolute atomic E-state index is 11.2. The van der Waals surface area contributed by atoms with Crippen LogP contribution in [-0.2, 0) is 10.0 Å². The summed E-state index contributed by atoms with van der Waals surface area (Å²) in [4.78, 5) is 8.34. The largest absolute Gasteiger partial charge is 0.488 e. The van der Waals surface area contributed by atoms with E-state index in [0.29, 0.717) is 29.4 Å². The Bertz CT molecular complexity index is 747. The van der Waals surface area contributed by atoms with Gasteiger partial charge in [-0.1, -0.05) is 12.1 Å². The Morgan fingerprint density at radius 2 is 2.14 bits per heavy atom. The lowest BCUT2D eigenvalue weighted by Gasteiger charge is -2.08. The van der Waals surface area contributed by atoms with E-state index in [2.05, 4.69) is 14.7 Å². The highest BCUT2D eigenvalue weighted by molar-refractivity contribution is 7.92. The fourth-order valence-corrected chi connectivity index (χ4v) is 2.28. The van der Waals surface area contributed by atoms with Crippen molar-refractivity contribution in [2.24, 2.45) is 0 Å². The molecule has 0 aliphatic carbocycles. The van der Waals surface area contributed by atoms with Gasteiger partial charge in [-0.15, -0.1) is 0 Å². The van der Waals surface area contributed by atoms with Crippen LogP contribution in [0.1, 0.15) is 6.92 Å². The Labute approximate surface area is 123 Å². The minimum atomic E-state index is -3.33. The van der Waals surface area contributed by atoms with E-state index < -0.39 is 10.0 Å². The summed E-state index contributed by atoms with van der Waals surface area (Å²) < 4.78 is 30.2. The number of aromatic nitrogens is 2. The van der Waals surface area contributed by atoms with Crippen molar-refractivity contribution in [3.8, 4) is 17.1 Å². The molecule has 1 heterocycles. The Balaban J connectivity index is 2.34. The summed E-state index contributed by atoms with van der Waals surface area (Å²) in [7, 11) is -3.33. The Hall–Kier alpha value is -2.35. The van der Waals surface area contributed by atoms with Crippen molar-refractivity contribution in [2.45, 2.75) is 6.92 Å². The SMILES string of the molecule is CCOc1cnc(-c2cccc(NS(C)(=O)=O)c2)nc1N. The maximum Gasteiger partial charge on any atom is 0.229 e. The molecule has 8 heteroatoms. The van der Waals surface area contributed by atoms with Crippen LogP contribution in [-0.4, -0.2) is 31.2 Å². The van der Waals surface area contributed by atoms with Crippen LogP contribution in [0.2, 0.25) is 0 Å². The molecule has 0 atom stereocenters. The monoisotopic (exact) mass is 308 g/mol. The van der Waals surface area contributed by atoms with Gasteiger partial charge in [0.2, 0.25) is 10.0 Å². The topological polar surface area (TPSA) is 107 Å². The first-order chi connectivity index (χ1) is 9.89. The second-order valence-corrected chi connectivity index (χ2v) is 6.08. The lowest BCUT2D eigenvalue weighted by molar-refractivity contribution is 0.339. The van der Waals surface area contributed by atoms with Crippen LogP contribution in [0.3, 0.4) is 0 Å². The van der Waals surface area contributed by atoms with E-state index in [9.17, 15) is 8.42 Å². The number of nitrogens with zero attached hydrogens (tertiary/aromatic N) is 2. The van der Waals surface area contributed by atoms with Gasteiger partial charge in [0.05, 0.1) is 19.1 Å². The molecule has 0 spiro atoms. The summed E-state index contributed by atoms with van der Waals surface area (Å²) in [6.07, 6.45) is 2.59. The van der Waals surface area contributed by atoms with Gasteiger partial charge < -0.3 is 10.5 Å². The molecule has 112 valence electrons. The molecule has 7 nitrogen and oxygen atoms in total. The van der Waals surface area contributed by atoms with Gasteiger partial charge in [-0.3, -0.25) is 4.72 Å². The number of sulfonamides is 1. The summed E-state index contributed by atoms with van der Waals surface area (Å²) in [5, 5.41) is 0. The molecule has 0 amide bonds. The molecule has 1 aromatic carbocycles. The number of benzene rings is 1. The molecule has 0 saturated heterocycles. The molecule has 21 heavy (non-hydrogen) atoms. The second-order valence-electron chi connectivity index (χ2n) is 4.33. The van der Waals surface area contributed by atoms with Crippen molar-refractivity contribution in [3.63, 3.8) is 0 Å². The quantitative estimate of drug-likeness (QED) is 0.866. The molecule has 0 fully saturated rings. The molecule has 0 aliphatic rings. The third kappa shape index (κ3) is 4.06. The summed E-state index contributed by atoms with van der Waals surface area (Å²) in [5.74, 6) is 1.06. The number of rotatable bonds is 5. The zero-order chi connectivity index (χ0) is 15.5. The van der Waals surface area contributed by atoms with E-state index in [1.54, 1.807) is 24.3 Å². The molecule has 3 N–H and O–H groups in total. The molecule has 0 bridgehead atoms. The van der Waals surface area contributed by atoms with Crippen LogP contribution >= 0.6 is 0 Å². The number of hydrogen-bond acceptors (Lipinski definition) is 6. The standard InChI is InChI=1S/C13H16N4O3S/c1-3-20-11-8-15-13(16-12(11)14)9-5-4-6-10(7-9)17-21(2,18)19/h4-8,17H,3H2,1-2H3,(H2,14,15,16). The lowest BCUT2D eigenvalue weighted by Crippen LogP contribution is -2.09. The first kappa shape index (κ1) is 15.0. The smallest absolute Gasteiger partial charge is 0.229 e. The zero-order valence-electron chi connectivity index (χ0n) is 11.7. The van der Waals surface area contributed by atoms with Crippen LogP contribution in [0.5, 0.6) is 5.75 Å². The van der Waals surface area contributed by atoms with Crippen molar-refractivity contribution in [1.82, 2.24) is 9.97 Å². The van der Waals surface area contributed by atoms with E-state index in [4.69, 9.17) is 10.5 Å². The van der Waals surface area contributed by atoms with Crippen molar-refractivity contribution in [1.29, 1.82) is 0 Å². The van der Waals surface area contributed by atoms with Crippen molar-refractivity contribution in [3.05, 3.63) is 30.5 Å². The highest BCUT2D eigenvalue weighted by atomic mass is 32.2. The predicted octanol–water partition coefficient (Wildman–Crippen LogP) is 1.50. The van der Waals surface area contributed by atoms with Gasteiger partial charge in [-0.2, -0.15) is 0 Å². The van der Waals surface area contributed by atoms with Gasteiger partial charge >= 0.3 is 0 Å². The first-order valence-electron chi connectivity index (χ1n) is 6.22. The van der Waals surface area contributed by atoms with E-state index >= 15 is 0 Å². The van der Waals surface area contributed by atoms with Gasteiger partial charge in [0.25, 0.3) is 0 Å². The fourth-order valence-electron chi connectivity index (χ4n) is 1.73. The number of hydrogen-bond donors (Lipinski definition) is 2. The molecular formula is C13H16N4O3S. The molecular weight excluding hydrogens is 292 g/mol. The normalized spacial score (nSPS) is 11.1. The van der Waals surface area contributed by atoms with E-state index in [1.165, 1.54) is 6.20 Å². The van der Waals surface area contributed by atoms with Crippen LogP contribution in [0.4, 0.5) is 11.5 Å². The number of ether oxygens (including phenoxy) is 1. The number of anilines is 2. The van der Waals surface area contributed by atoms with Gasteiger partial charge in [-0.25, -0.2) is 18.4 Å². The molecule has 2 rings (SSSR count). The van der Waals surface area contributed by atoms with Crippen LogP contribution in [0.25, 0.3) is 11.4 Å². The van der Waals surface area contributed by atoms with Gasteiger partial charge in [0, 0.05) is 11.3 Å². The first-order valence-corrected chi connectivity index (χ1v) is 8.11. The Morgan fingerprint density at radius 1 is 1.38 bits per heavy atom. The maximum atomic E-state index is 11.2. The van der Waals surface area contributed by atoms with Crippen molar-refractivity contribution < 1.29 is 13.2 Å². The van der Waals surface area contributed by atoms with Gasteiger partial charge in [-0.05, 0) is 19.1 Å². The summed E-state index contributed by atoms with van der Waals surface area (Å²) >= 11 is 0. The fraction of sp³-hybridized carbons (Fsp3) is 0.231. The average molecular weight is 308 g/mol. The molecule has 0 saturated carbocycles. The lowest BCUT2D eigenvalue weighted by atomic mass is 10.2. The highest BCUT2D eigenvalue weighted by Gasteiger charge is 2.08. The third-order valence-corrected chi connectivity index (χ3v) is 3.11. The minimum absolute atomic E-state index is 0.239.